The van der Waals surface area contributed by atoms with Crippen LogP contribution in [-0.2, 0) is 16.0 Å². The van der Waals surface area contributed by atoms with Gasteiger partial charge in [0, 0.05) is 6.04 Å². The highest BCUT2D eigenvalue weighted by atomic mass is 35.5. The third-order valence-corrected chi connectivity index (χ3v) is 6.98. The molecule has 188 valence electrons. The molecule has 0 unspecified atom stereocenters. The van der Waals surface area contributed by atoms with Crippen LogP contribution in [0.3, 0.4) is 0 Å². The lowest BCUT2D eigenvalue weighted by atomic mass is 9.99. The number of ether oxygens (including phenoxy) is 1. The van der Waals surface area contributed by atoms with Crippen LogP contribution in [0.4, 0.5) is 4.79 Å². The number of benzene rings is 3. The summed E-state index contributed by atoms with van der Waals surface area (Å²) in [4.78, 5) is 30.9. The van der Waals surface area contributed by atoms with Gasteiger partial charge >= 0.3 is 6.09 Å². The van der Waals surface area contributed by atoms with Crippen molar-refractivity contribution in [3.05, 3.63) is 106 Å². The van der Waals surface area contributed by atoms with Gasteiger partial charge in [-0.05, 0) is 62.9 Å². The van der Waals surface area contributed by atoms with Gasteiger partial charge < -0.3 is 4.74 Å². The Morgan fingerprint density at radius 2 is 1.56 bits per heavy atom. The van der Waals surface area contributed by atoms with Crippen LogP contribution in [0.25, 0.3) is 0 Å². The number of carbonyl (C=O) groups is 2. The average molecular weight is 525 g/mol. The molecular weight excluding hydrogens is 495 g/mol. The summed E-state index contributed by atoms with van der Waals surface area (Å²) in [5.41, 5.74) is 1.94. The molecule has 0 saturated carbocycles. The van der Waals surface area contributed by atoms with Crippen molar-refractivity contribution in [1.29, 1.82) is 0 Å². The molecule has 0 spiro atoms. The molecule has 1 aliphatic rings. The maximum Gasteiger partial charge on any atom is 0.418 e. The van der Waals surface area contributed by atoms with E-state index in [1.54, 1.807) is 39.0 Å². The van der Waals surface area contributed by atoms with Gasteiger partial charge in [0.25, 0.3) is 5.91 Å². The first-order valence-corrected chi connectivity index (χ1v) is 12.7. The average Bonchev–Trinajstić information content (AvgIpc) is 3.12. The molecule has 3 aromatic rings. The predicted molar refractivity (Wildman–Crippen MR) is 143 cm³/mol. The summed E-state index contributed by atoms with van der Waals surface area (Å²) in [6.07, 6.45) is -0.982. The molecule has 1 fully saturated rings. The fraction of sp³-hybridized carbons (Fsp3) is 0.310. The van der Waals surface area contributed by atoms with Crippen LogP contribution in [0.1, 0.15) is 56.6 Å². The van der Waals surface area contributed by atoms with Gasteiger partial charge in [-0.15, -0.1) is 0 Å². The van der Waals surface area contributed by atoms with Crippen LogP contribution in [-0.4, -0.2) is 33.4 Å². The summed E-state index contributed by atoms with van der Waals surface area (Å²) < 4.78 is 5.71. The van der Waals surface area contributed by atoms with E-state index in [4.69, 9.17) is 27.9 Å². The Kier molecular flexibility index (Phi) is 7.74. The number of hydrogen-bond acceptors (Lipinski definition) is 4. The lowest BCUT2D eigenvalue weighted by Crippen LogP contribution is -2.41. The van der Waals surface area contributed by atoms with Gasteiger partial charge in [0.05, 0.1) is 16.1 Å². The highest BCUT2D eigenvalue weighted by molar-refractivity contribution is 6.42. The number of carbonyl (C=O) groups excluding carboxylic acids is 2. The molecule has 3 atom stereocenters. The van der Waals surface area contributed by atoms with E-state index in [-0.39, 0.29) is 11.9 Å². The number of imide groups is 1. The summed E-state index contributed by atoms with van der Waals surface area (Å²) >= 11 is 12.6. The highest BCUT2D eigenvalue weighted by Gasteiger charge is 2.52. The Bertz CT molecular complexity index is 1230. The third-order valence-electron chi connectivity index (χ3n) is 6.24. The summed E-state index contributed by atoms with van der Waals surface area (Å²) in [6, 6.07) is 24.2. The van der Waals surface area contributed by atoms with E-state index < -0.39 is 23.9 Å². The fourth-order valence-electron chi connectivity index (χ4n) is 4.62. The second kappa shape index (κ2) is 10.6. The first kappa shape index (κ1) is 26.2. The lowest BCUT2D eigenvalue weighted by Gasteiger charge is -2.36. The molecule has 1 saturated heterocycles. The Morgan fingerprint density at radius 3 is 2.14 bits per heavy atom. The Morgan fingerprint density at radius 1 is 0.944 bits per heavy atom. The van der Waals surface area contributed by atoms with Gasteiger partial charge in [-0.25, -0.2) is 9.69 Å². The summed E-state index contributed by atoms with van der Waals surface area (Å²) in [6.45, 7) is 7.39. The number of halogens is 2. The van der Waals surface area contributed by atoms with Crippen molar-refractivity contribution < 1.29 is 14.3 Å². The Labute approximate surface area is 222 Å². The zero-order valence-corrected chi connectivity index (χ0v) is 22.3. The van der Waals surface area contributed by atoms with Crippen LogP contribution < -0.4 is 0 Å². The smallest absolute Gasteiger partial charge is 0.418 e. The molecule has 1 heterocycles. The number of amides is 2. The van der Waals surface area contributed by atoms with E-state index in [1.165, 1.54) is 4.90 Å². The van der Waals surface area contributed by atoms with Gasteiger partial charge in [-0.2, -0.15) is 0 Å². The van der Waals surface area contributed by atoms with E-state index in [2.05, 4.69) is 4.90 Å². The van der Waals surface area contributed by atoms with Crippen LogP contribution in [0.2, 0.25) is 10.0 Å². The van der Waals surface area contributed by atoms with E-state index >= 15 is 0 Å². The van der Waals surface area contributed by atoms with Crippen LogP contribution in [0.5, 0.6) is 0 Å². The fourth-order valence-corrected chi connectivity index (χ4v) is 4.93. The molecule has 3 aromatic carbocycles. The molecule has 0 bridgehead atoms. The summed E-state index contributed by atoms with van der Waals surface area (Å²) in [5.74, 6) is -0.313. The zero-order chi connectivity index (χ0) is 26.0. The standard InChI is InChI=1S/C29H30Cl2N2O3/c1-19(21-13-9-6-10-14-21)32-25(17-20-11-7-5-8-12-20)27(34)33(28(35)36-29(2,3)4)26(32)22-15-16-23(30)24(31)18-22/h5-16,18-19,25-26H,17H2,1-4H3/t19-,25+,26-/m1/s1. The molecule has 0 aliphatic carbocycles. The SMILES string of the molecule is C[C@H](c1ccccc1)N1[C@@H](Cc2ccccc2)C(=O)N(C(=O)OC(C)(C)C)[C@@H]1c1ccc(Cl)c(Cl)c1. The minimum absolute atomic E-state index is 0.198. The number of hydrogen-bond donors (Lipinski definition) is 0. The summed E-state index contributed by atoms with van der Waals surface area (Å²) in [7, 11) is 0. The Hall–Kier alpha value is -2.86. The molecule has 4 rings (SSSR count). The monoisotopic (exact) mass is 524 g/mol. The molecule has 7 heteroatoms. The maximum atomic E-state index is 14.0. The van der Waals surface area contributed by atoms with Crippen LogP contribution in [0.15, 0.2) is 78.9 Å². The first-order chi connectivity index (χ1) is 17.1. The lowest BCUT2D eigenvalue weighted by molar-refractivity contribution is -0.129. The molecule has 0 radical (unpaired) electrons. The number of nitrogens with zero attached hydrogens (tertiary/aromatic N) is 2. The van der Waals surface area contributed by atoms with Crippen LogP contribution >= 0.6 is 23.2 Å². The van der Waals surface area contributed by atoms with E-state index in [0.717, 1.165) is 11.1 Å². The van der Waals surface area contributed by atoms with Crippen molar-refractivity contribution >= 4 is 35.2 Å². The van der Waals surface area contributed by atoms with Gasteiger partial charge in [-0.3, -0.25) is 9.69 Å². The van der Waals surface area contributed by atoms with Gasteiger partial charge in [-0.1, -0.05) is 89.9 Å². The van der Waals surface area contributed by atoms with Crippen molar-refractivity contribution in [1.82, 2.24) is 9.80 Å². The molecule has 0 aromatic heterocycles. The summed E-state index contributed by atoms with van der Waals surface area (Å²) in [5, 5.41) is 0.752. The minimum Gasteiger partial charge on any atom is -0.443 e. The Balaban J connectivity index is 1.87. The van der Waals surface area contributed by atoms with Crippen molar-refractivity contribution in [2.45, 2.75) is 58.0 Å². The van der Waals surface area contributed by atoms with Crippen LogP contribution in [0, 0.1) is 0 Å². The molecule has 36 heavy (non-hydrogen) atoms. The molecule has 2 amide bonds. The quantitative estimate of drug-likeness (QED) is 0.347. The van der Waals surface area contributed by atoms with E-state index in [9.17, 15) is 9.59 Å². The van der Waals surface area contributed by atoms with Gasteiger partial charge in [0.1, 0.15) is 11.8 Å². The molecular formula is C29H30Cl2N2O3. The topological polar surface area (TPSA) is 49.9 Å². The van der Waals surface area contributed by atoms with Gasteiger partial charge in [0.15, 0.2) is 0 Å². The van der Waals surface area contributed by atoms with Gasteiger partial charge in [0.2, 0.25) is 0 Å². The highest BCUT2D eigenvalue weighted by Crippen LogP contribution is 2.43. The van der Waals surface area contributed by atoms with E-state index in [0.29, 0.717) is 22.0 Å². The minimum atomic E-state index is -0.771. The first-order valence-electron chi connectivity index (χ1n) is 11.9. The van der Waals surface area contributed by atoms with Crippen molar-refractivity contribution in [3.8, 4) is 0 Å². The normalized spacial score (nSPS) is 19.4. The second-order valence-corrected chi connectivity index (χ2v) is 10.8. The largest absolute Gasteiger partial charge is 0.443 e. The molecule has 5 nitrogen and oxygen atoms in total. The van der Waals surface area contributed by atoms with E-state index in [1.807, 2.05) is 67.6 Å². The predicted octanol–water partition coefficient (Wildman–Crippen LogP) is 7.44. The maximum absolute atomic E-state index is 14.0. The molecule has 0 N–H and O–H groups in total. The number of rotatable bonds is 5. The van der Waals surface area contributed by atoms with Crippen molar-refractivity contribution in [2.24, 2.45) is 0 Å². The van der Waals surface area contributed by atoms with Crippen molar-refractivity contribution in [3.63, 3.8) is 0 Å². The second-order valence-electron chi connectivity index (χ2n) is 9.98. The zero-order valence-electron chi connectivity index (χ0n) is 20.8. The van der Waals surface area contributed by atoms with Crippen molar-refractivity contribution in [2.75, 3.05) is 0 Å². The third kappa shape index (κ3) is 5.59. The molecule has 1 aliphatic heterocycles.